The molecule has 0 aliphatic heterocycles. The lowest BCUT2D eigenvalue weighted by molar-refractivity contribution is 0.337. The minimum Gasteiger partial charge on any atom is -0.344 e. The molecule has 0 fully saturated rings. The first-order valence-corrected chi connectivity index (χ1v) is 8.62. The third-order valence-corrected chi connectivity index (χ3v) is 4.27. The van der Waals surface area contributed by atoms with Crippen molar-refractivity contribution in [2.45, 2.75) is 6.54 Å². The Bertz CT molecular complexity index is 741. The van der Waals surface area contributed by atoms with Gasteiger partial charge >= 0.3 is 0 Å². The van der Waals surface area contributed by atoms with Gasteiger partial charge in [-0.05, 0) is 19.2 Å². The molecular formula is C14H18F2N2O2S. The van der Waals surface area contributed by atoms with Crippen LogP contribution in [0.25, 0.3) is 10.9 Å². The molecule has 2 rings (SSSR count). The van der Waals surface area contributed by atoms with Crippen molar-refractivity contribution in [2.75, 3.05) is 32.1 Å². The van der Waals surface area contributed by atoms with Crippen molar-refractivity contribution in [1.29, 1.82) is 0 Å². The summed E-state index contributed by atoms with van der Waals surface area (Å²) in [5, 5.41) is 0.520. The van der Waals surface area contributed by atoms with Gasteiger partial charge in [0, 0.05) is 43.5 Å². The monoisotopic (exact) mass is 316 g/mol. The van der Waals surface area contributed by atoms with E-state index in [2.05, 4.69) is 0 Å². The van der Waals surface area contributed by atoms with Gasteiger partial charge < -0.3 is 9.47 Å². The average molecular weight is 316 g/mol. The molecule has 1 aromatic heterocycles. The summed E-state index contributed by atoms with van der Waals surface area (Å²) in [5.41, 5.74) is 0.368. The predicted octanol–water partition coefficient (Wildman–Crippen LogP) is 1.90. The van der Waals surface area contributed by atoms with Gasteiger partial charge in [0.05, 0.1) is 11.3 Å². The number of hydrogen-bond acceptors (Lipinski definition) is 3. The number of halogens is 2. The Balaban J connectivity index is 2.04. The molecule has 0 bridgehead atoms. The zero-order chi connectivity index (χ0) is 15.6. The molecule has 1 aromatic carbocycles. The normalized spacial score (nSPS) is 12.4. The molecule has 0 aliphatic carbocycles. The lowest BCUT2D eigenvalue weighted by Gasteiger charge is -2.16. The topological polar surface area (TPSA) is 42.3 Å². The van der Waals surface area contributed by atoms with Crippen LogP contribution in [0.5, 0.6) is 0 Å². The third-order valence-electron chi connectivity index (χ3n) is 3.35. The van der Waals surface area contributed by atoms with Gasteiger partial charge in [0.1, 0.15) is 21.5 Å². The van der Waals surface area contributed by atoms with Crippen LogP contribution >= 0.6 is 0 Å². The van der Waals surface area contributed by atoms with Gasteiger partial charge in [-0.1, -0.05) is 0 Å². The molecule has 0 spiro atoms. The standard InChI is InChI=1S/C14H18F2N2O2S/c1-17(7-8-21(2,19)20)5-6-18-4-3-11-9-12(15)10-13(16)14(11)18/h3-4,9-10H,5-8H2,1-2H3. The van der Waals surface area contributed by atoms with E-state index < -0.39 is 21.5 Å². The summed E-state index contributed by atoms with van der Waals surface area (Å²) in [4.78, 5) is 1.87. The maximum absolute atomic E-state index is 13.8. The zero-order valence-corrected chi connectivity index (χ0v) is 12.8. The van der Waals surface area contributed by atoms with Crippen molar-refractivity contribution in [3.63, 3.8) is 0 Å². The predicted molar refractivity (Wildman–Crippen MR) is 79.1 cm³/mol. The van der Waals surface area contributed by atoms with E-state index in [-0.39, 0.29) is 5.75 Å². The fourth-order valence-electron chi connectivity index (χ4n) is 2.16. The Labute approximate surface area is 122 Å². The van der Waals surface area contributed by atoms with E-state index in [1.165, 1.54) is 12.3 Å². The summed E-state index contributed by atoms with van der Waals surface area (Å²) in [6, 6.07) is 3.83. The minimum absolute atomic E-state index is 0.0928. The van der Waals surface area contributed by atoms with Crippen LogP contribution in [0.4, 0.5) is 8.78 Å². The first kappa shape index (κ1) is 15.9. The van der Waals surface area contributed by atoms with Crippen molar-refractivity contribution in [3.05, 3.63) is 36.0 Å². The molecule has 7 heteroatoms. The highest BCUT2D eigenvalue weighted by molar-refractivity contribution is 7.90. The van der Waals surface area contributed by atoms with E-state index in [9.17, 15) is 17.2 Å². The van der Waals surface area contributed by atoms with Crippen LogP contribution in [-0.2, 0) is 16.4 Å². The fourth-order valence-corrected chi connectivity index (χ4v) is 2.80. The van der Waals surface area contributed by atoms with Crippen LogP contribution in [-0.4, -0.2) is 50.0 Å². The second-order valence-electron chi connectivity index (χ2n) is 5.27. The molecular weight excluding hydrogens is 298 g/mol. The van der Waals surface area contributed by atoms with E-state index >= 15 is 0 Å². The lowest BCUT2D eigenvalue weighted by atomic mass is 10.2. The van der Waals surface area contributed by atoms with Gasteiger partial charge in [-0.2, -0.15) is 0 Å². The number of nitrogens with zero attached hydrogens (tertiary/aromatic N) is 2. The molecule has 0 radical (unpaired) electrons. The molecule has 0 unspecified atom stereocenters. The van der Waals surface area contributed by atoms with E-state index in [1.54, 1.807) is 16.8 Å². The summed E-state index contributed by atoms with van der Waals surface area (Å²) in [6.45, 7) is 1.51. The molecule has 4 nitrogen and oxygen atoms in total. The highest BCUT2D eigenvalue weighted by Gasteiger charge is 2.10. The van der Waals surface area contributed by atoms with Crippen molar-refractivity contribution in [2.24, 2.45) is 0 Å². The number of rotatable bonds is 6. The Morgan fingerprint density at radius 3 is 2.62 bits per heavy atom. The number of sulfone groups is 1. The second-order valence-corrected chi connectivity index (χ2v) is 7.53. The van der Waals surface area contributed by atoms with Gasteiger partial charge in [0.25, 0.3) is 0 Å². The van der Waals surface area contributed by atoms with E-state index in [1.807, 2.05) is 11.9 Å². The van der Waals surface area contributed by atoms with E-state index in [4.69, 9.17) is 0 Å². The van der Waals surface area contributed by atoms with Crippen molar-refractivity contribution in [3.8, 4) is 0 Å². The summed E-state index contributed by atoms with van der Waals surface area (Å²) < 4.78 is 50.8. The van der Waals surface area contributed by atoms with Crippen molar-refractivity contribution in [1.82, 2.24) is 9.47 Å². The highest BCUT2D eigenvalue weighted by atomic mass is 32.2. The van der Waals surface area contributed by atoms with Crippen LogP contribution in [0, 0.1) is 11.6 Å². The molecule has 1 heterocycles. The molecule has 2 aromatic rings. The Morgan fingerprint density at radius 2 is 1.95 bits per heavy atom. The smallest absolute Gasteiger partial charge is 0.150 e. The van der Waals surface area contributed by atoms with Crippen LogP contribution < -0.4 is 0 Å². The zero-order valence-electron chi connectivity index (χ0n) is 12.0. The van der Waals surface area contributed by atoms with Gasteiger partial charge in [0.2, 0.25) is 0 Å². The molecule has 0 saturated carbocycles. The maximum Gasteiger partial charge on any atom is 0.150 e. The summed E-state index contributed by atoms with van der Waals surface area (Å²) in [6.07, 6.45) is 2.90. The average Bonchev–Trinajstić information content (AvgIpc) is 2.76. The van der Waals surface area contributed by atoms with Crippen LogP contribution in [0.15, 0.2) is 24.4 Å². The number of fused-ring (bicyclic) bond motifs is 1. The number of hydrogen-bond donors (Lipinski definition) is 0. The Kier molecular flexibility index (Phi) is 4.63. The number of aromatic nitrogens is 1. The van der Waals surface area contributed by atoms with E-state index in [0.717, 1.165) is 6.07 Å². The molecule has 116 valence electrons. The molecule has 0 N–H and O–H groups in total. The number of likely N-dealkylation sites (N-methyl/N-ethyl adjacent to an activating group) is 1. The molecule has 21 heavy (non-hydrogen) atoms. The quantitative estimate of drug-likeness (QED) is 0.817. The maximum atomic E-state index is 13.8. The van der Waals surface area contributed by atoms with Crippen molar-refractivity contribution < 1.29 is 17.2 Å². The summed E-state index contributed by atoms with van der Waals surface area (Å²) in [5.74, 6) is -1.09. The molecule has 0 atom stereocenters. The fraction of sp³-hybridized carbons (Fsp3) is 0.429. The van der Waals surface area contributed by atoms with Crippen molar-refractivity contribution >= 4 is 20.7 Å². The van der Waals surface area contributed by atoms with E-state index in [0.29, 0.717) is 30.5 Å². The second kappa shape index (κ2) is 6.11. The molecule has 0 saturated heterocycles. The largest absolute Gasteiger partial charge is 0.344 e. The highest BCUT2D eigenvalue weighted by Crippen LogP contribution is 2.20. The van der Waals surface area contributed by atoms with Gasteiger partial charge in [-0.3, -0.25) is 0 Å². The van der Waals surface area contributed by atoms with Gasteiger partial charge in [-0.15, -0.1) is 0 Å². The first-order valence-electron chi connectivity index (χ1n) is 6.56. The van der Waals surface area contributed by atoms with Crippen LogP contribution in [0.3, 0.4) is 0 Å². The molecule has 0 amide bonds. The minimum atomic E-state index is -2.99. The van der Waals surface area contributed by atoms with Gasteiger partial charge in [0.15, 0.2) is 0 Å². The molecule has 0 aliphatic rings. The SMILES string of the molecule is CN(CCn1ccc2cc(F)cc(F)c21)CCS(C)(=O)=O. The Hall–Kier alpha value is -1.47. The number of benzene rings is 1. The van der Waals surface area contributed by atoms with Crippen LogP contribution in [0.1, 0.15) is 0 Å². The van der Waals surface area contributed by atoms with Gasteiger partial charge in [-0.25, -0.2) is 17.2 Å². The summed E-state index contributed by atoms with van der Waals surface area (Å²) >= 11 is 0. The lowest BCUT2D eigenvalue weighted by Crippen LogP contribution is -2.28. The summed E-state index contributed by atoms with van der Waals surface area (Å²) in [7, 11) is -1.18. The van der Waals surface area contributed by atoms with Crippen LogP contribution in [0.2, 0.25) is 0 Å². The Morgan fingerprint density at radius 1 is 1.24 bits per heavy atom. The third kappa shape index (κ3) is 4.25. The first-order chi connectivity index (χ1) is 9.76.